The van der Waals surface area contributed by atoms with Crippen LogP contribution in [0.25, 0.3) is 0 Å². The van der Waals surface area contributed by atoms with Crippen molar-refractivity contribution in [2.24, 2.45) is 11.8 Å². The van der Waals surface area contributed by atoms with Crippen LogP contribution in [0.3, 0.4) is 0 Å². The van der Waals surface area contributed by atoms with Crippen LogP contribution in [0, 0.1) is 11.8 Å². The van der Waals surface area contributed by atoms with Crippen molar-refractivity contribution in [2.75, 3.05) is 33.7 Å². The van der Waals surface area contributed by atoms with Crippen LogP contribution in [-0.4, -0.2) is 44.5 Å². The molecule has 2 N–H and O–H groups in total. The van der Waals surface area contributed by atoms with Crippen LogP contribution in [-0.2, 0) is 4.79 Å². The van der Waals surface area contributed by atoms with Gasteiger partial charge in [0, 0.05) is 18.0 Å². The molecule has 5 heteroatoms. The number of nitrogens with zero attached hydrogens (tertiary/aromatic N) is 1. The molecule has 2 rings (SSSR count). The monoisotopic (exact) mass is 281 g/mol. The van der Waals surface area contributed by atoms with Crippen molar-refractivity contribution >= 4 is 17.2 Å². The molecule has 4 nitrogen and oxygen atoms in total. The highest BCUT2D eigenvalue weighted by Gasteiger charge is 2.30. The van der Waals surface area contributed by atoms with E-state index in [4.69, 9.17) is 0 Å². The molecule has 1 aliphatic heterocycles. The summed E-state index contributed by atoms with van der Waals surface area (Å²) < 4.78 is 0. The van der Waals surface area contributed by atoms with Crippen molar-refractivity contribution < 1.29 is 4.79 Å². The number of thiophene rings is 1. The predicted octanol–water partition coefficient (Wildman–Crippen LogP) is 1.32. The van der Waals surface area contributed by atoms with E-state index in [1.54, 1.807) is 11.3 Å². The Hall–Kier alpha value is -0.910. The van der Waals surface area contributed by atoms with E-state index in [0.717, 1.165) is 13.1 Å². The van der Waals surface area contributed by atoms with Crippen molar-refractivity contribution in [3.63, 3.8) is 0 Å². The topological polar surface area (TPSA) is 44.4 Å². The number of amides is 1. The van der Waals surface area contributed by atoms with E-state index in [-0.39, 0.29) is 17.9 Å². The summed E-state index contributed by atoms with van der Waals surface area (Å²) in [6.45, 7) is 4.56. The number of carbonyl (C=O) groups excluding carboxylic acids is 1. The van der Waals surface area contributed by atoms with E-state index in [2.05, 4.69) is 54.1 Å². The van der Waals surface area contributed by atoms with Gasteiger partial charge in [0.25, 0.3) is 0 Å². The van der Waals surface area contributed by atoms with Gasteiger partial charge in [-0.15, -0.1) is 11.3 Å². The number of carbonyl (C=O) groups is 1. The fourth-order valence-electron chi connectivity index (χ4n) is 2.51. The molecule has 1 aromatic heterocycles. The summed E-state index contributed by atoms with van der Waals surface area (Å²) in [4.78, 5) is 15.6. The molecule has 19 heavy (non-hydrogen) atoms. The minimum atomic E-state index is 0.117. The average molecular weight is 281 g/mol. The van der Waals surface area contributed by atoms with E-state index in [9.17, 15) is 4.79 Å². The minimum Gasteiger partial charge on any atom is -0.354 e. The number of nitrogens with one attached hydrogen (secondary N) is 2. The molecule has 2 heterocycles. The Morgan fingerprint density at radius 1 is 1.58 bits per heavy atom. The Bertz CT molecular complexity index is 405. The van der Waals surface area contributed by atoms with Gasteiger partial charge in [0.15, 0.2) is 0 Å². The van der Waals surface area contributed by atoms with Crippen molar-refractivity contribution in [3.8, 4) is 0 Å². The van der Waals surface area contributed by atoms with Gasteiger partial charge in [-0.3, -0.25) is 4.79 Å². The Morgan fingerprint density at radius 2 is 2.37 bits per heavy atom. The van der Waals surface area contributed by atoms with Gasteiger partial charge in [-0.2, -0.15) is 0 Å². The van der Waals surface area contributed by atoms with E-state index >= 15 is 0 Å². The van der Waals surface area contributed by atoms with Gasteiger partial charge in [-0.25, -0.2) is 0 Å². The van der Waals surface area contributed by atoms with Gasteiger partial charge in [-0.05, 0) is 38.0 Å². The third-order valence-electron chi connectivity index (χ3n) is 3.82. The highest BCUT2D eigenvalue weighted by Crippen LogP contribution is 2.23. The summed E-state index contributed by atoms with van der Waals surface area (Å²) in [5.74, 6) is 0.728. The molecule has 0 aliphatic carbocycles. The number of rotatable bonds is 5. The Balaban J connectivity index is 1.90. The summed E-state index contributed by atoms with van der Waals surface area (Å²) >= 11 is 1.74. The van der Waals surface area contributed by atoms with Gasteiger partial charge in [0.1, 0.15) is 0 Å². The zero-order valence-corrected chi connectivity index (χ0v) is 12.7. The van der Waals surface area contributed by atoms with Gasteiger partial charge < -0.3 is 15.5 Å². The maximum Gasteiger partial charge on any atom is 0.224 e. The standard InChI is InChI=1S/C14H23N3OS/c1-10-7-15-8-11(10)14(18)16-9-12(17(2)3)13-5-4-6-19-13/h4-6,10-12,15H,7-9H2,1-3H3,(H,16,18). The summed E-state index contributed by atoms with van der Waals surface area (Å²) in [5, 5.41) is 8.46. The van der Waals surface area contributed by atoms with Crippen LogP contribution in [0.1, 0.15) is 17.8 Å². The zero-order valence-electron chi connectivity index (χ0n) is 11.8. The van der Waals surface area contributed by atoms with Crippen molar-refractivity contribution in [1.29, 1.82) is 0 Å². The lowest BCUT2D eigenvalue weighted by Crippen LogP contribution is -2.39. The van der Waals surface area contributed by atoms with Crippen LogP contribution < -0.4 is 10.6 Å². The largest absolute Gasteiger partial charge is 0.354 e. The van der Waals surface area contributed by atoms with Crippen molar-refractivity contribution in [3.05, 3.63) is 22.4 Å². The maximum absolute atomic E-state index is 12.2. The molecule has 0 spiro atoms. The quantitative estimate of drug-likeness (QED) is 0.855. The first-order valence-electron chi connectivity index (χ1n) is 6.78. The molecule has 0 aromatic carbocycles. The second kappa shape index (κ2) is 6.50. The average Bonchev–Trinajstić information content (AvgIpc) is 3.00. The third-order valence-corrected chi connectivity index (χ3v) is 4.79. The molecular weight excluding hydrogens is 258 g/mol. The molecule has 106 valence electrons. The molecule has 1 aromatic rings. The number of hydrogen-bond donors (Lipinski definition) is 2. The van der Waals surface area contributed by atoms with E-state index in [1.807, 2.05) is 0 Å². The number of likely N-dealkylation sites (N-methyl/N-ethyl adjacent to an activating group) is 1. The van der Waals surface area contributed by atoms with E-state index < -0.39 is 0 Å². The maximum atomic E-state index is 12.2. The highest BCUT2D eigenvalue weighted by molar-refractivity contribution is 7.10. The van der Waals surface area contributed by atoms with Gasteiger partial charge in [0.05, 0.1) is 12.0 Å². The first-order chi connectivity index (χ1) is 9.09. The minimum absolute atomic E-state index is 0.117. The molecule has 0 saturated carbocycles. The van der Waals surface area contributed by atoms with Crippen LogP contribution >= 0.6 is 11.3 Å². The molecule has 3 atom stereocenters. The molecular formula is C14H23N3OS. The molecule has 1 amide bonds. The van der Waals surface area contributed by atoms with Gasteiger partial charge in [-0.1, -0.05) is 13.0 Å². The SMILES string of the molecule is CC1CNCC1C(=O)NCC(c1cccs1)N(C)C. The molecule has 1 saturated heterocycles. The lowest BCUT2D eigenvalue weighted by molar-refractivity contribution is -0.125. The fourth-order valence-corrected chi connectivity index (χ4v) is 3.43. The first-order valence-corrected chi connectivity index (χ1v) is 7.66. The van der Waals surface area contributed by atoms with Crippen molar-refractivity contribution in [2.45, 2.75) is 13.0 Å². The van der Waals surface area contributed by atoms with Crippen LogP contribution in [0.5, 0.6) is 0 Å². The summed E-state index contributed by atoms with van der Waals surface area (Å²) in [6, 6.07) is 4.44. The lowest BCUT2D eigenvalue weighted by atomic mass is 9.97. The molecule has 1 fully saturated rings. The smallest absolute Gasteiger partial charge is 0.224 e. The zero-order chi connectivity index (χ0) is 13.8. The second-order valence-electron chi connectivity index (χ2n) is 5.48. The fraction of sp³-hybridized carbons (Fsp3) is 0.643. The Kier molecular flexibility index (Phi) is 4.96. The summed E-state index contributed by atoms with van der Waals surface area (Å²) in [7, 11) is 4.10. The molecule has 0 bridgehead atoms. The van der Waals surface area contributed by atoms with E-state index in [0.29, 0.717) is 12.5 Å². The normalized spacial score (nSPS) is 24.6. The number of hydrogen-bond acceptors (Lipinski definition) is 4. The van der Waals surface area contributed by atoms with Crippen LogP contribution in [0.15, 0.2) is 17.5 Å². The predicted molar refractivity (Wildman–Crippen MR) is 79.3 cm³/mol. The molecule has 3 unspecified atom stereocenters. The molecule has 1 aliphatic rings. The first kappa shape index (κ1) is 14.5. The Morgan fingerprint density at radius 3 is 2.89 bits per heavy atom. The lowest BCUT2D eigenvalue weighted by Gasteiger charge is -2.24. The summed E-state index contributed by atoms with van der Waals surface area (Å²) in [6.07, 6.45) is 0. The summed E-state index contributed by atoms with van der Waals surface area (Å²) in [5.41, 5.74) is 0. The third kappa shape index (κ3) is 3.55. The van der Waals surface area contributed by atoms with Gasteiger partial charge >= 0.3 is 0 Å². The van der Waals surface area contributed by atoms with Crippen LogP contribution in [0.2, 0.25) is 0 Å². The van der Waals surface area contributed by atoms with Crippen LogP contribution in [0.4, 0.5) is 0 Å². The second-order valence-corrected chi connectivity index (χ2v) is 6.46. The highest BCUT2D eigenvalue weighted by atomic mass is 32.1. The molecule has 0 radical (unpaired) electrons. The Labute approximate surface area is 119 Å². The van der Waals surface area contributed by atoms with Crippen molar-refractivity contribution in [1.82, 2.24) is 15.5 Å². The van der Waals surface area contributed by atoms with Gasteiger partial charge in [0.2, 0.25) is 5.91 Å². The van der Waals surface area contributed by atoms with E-state index in [1.165, 1.54) is 4.88 Å².